The van der Waals surface area contributed by atoms with E-state index in [4.69, 9.17) is 4.98 Å². The second kappa shape index (κ2) is 15.7. The molecule has 1 aromatic heterocycles. The third-order valence-electron chi connectivity index (χ3n) is 8.22. The molecule has 2 heterocycles. The van der Waals surface area contributed by atoms with Gasteiger partial charge in [-0.05, 0) is 24.1 Å². The zero-order valence-corrected chi connectivity index (χ0v) is 23.8. The summed E-state index contributed by atoms with van der Waals surface area (Å²) < 4.78 is 2.42. The number of unbranched alkanes of at least 4 members (excludes halogenated alkanes) is 13. The van der Waals surface area contributed by atoms with E-state index in [1.807, 2.05) is 23.1 Å². The predicted molar refractivity (Wildman–Crippen MR) is 159 cm³/mol. The van der Waals surface area contributed by atoms with Crippen molar-refractivity contribution in [2.75, 3.05) is 6.54 Å². The molecule has 0 saturated carbocycles. The van der Waals surface area contributed by atoms with Gasteiger partial charge in [0, 0.05) is 32.0 Å². The molecule has 38 heavy (non-hydrogen) atoms. The minimum Gasteiger partial charge on any atom is -0.338 e. The maximum Gasteiger partial charge on any atom is 0.223 e. The molecule has 0 radical (unpaired) electrons. The SMILES string of the molecule is CCCCCCCCCCCCCCCCn1c(C2CC(=O)N(Cc3ccccc3)C2)nc2ccccc21. The predicted octanol–water partition coefficient (Wildman–Crippen LogP) is 9.03. The Bertz CT molecular complexity index is 1090. The number of carbonyl (C=O) groups is 1. The quantitative estimate of drug-likeness (QED) is 0.158. The molecule has 1 unspecified atom stereocenters. The Kier molecular flexibility index (Phi) is 11.7. The molecular weight excluding hydrogens is 466 g/mol. The fraction of sp³-hybridized carbons (Fsp3) is 0.588. The second-order valence-corrected chi connectivity index (χ2v) is 11.4. The third-order valence-corrected chi connectivity index (χ3v) is 8.22. The van der Waals surface area contributed by atoms with E-state index in [0.29, 0.717) is 13.0 Å². The first-order valence-corrected chi connectivity index (χ1v) is 15.5. The highest BCUT2D eigenvalue weighted by Gasteiger charge is 2.33. The van der Waals surface area contributed by atoms with Gasteiger partial charge >= 0.3 is 0 Å². The van der Waals surface area contributed by atoms with Crippen molar-refractivity contribution in [3.63, 3.8) is 0 Å². The van der Waals surface area contributed by atoms with Gasteiger partial charge in [0.1, 0.15) is 5.82 Å². The summed E-state index contributed by atoms with van der Waals surface area (Å²) >= 11 is 0. The molecule has 4 heteroatoms. The number of nitrogens with zero attached hydrogens (tertiary/aromatic N) is 3. The van der Waals surface area contributed by atoms with Crippen LogP contribution in [0.5, 0.6) is 0 Å². The van der Waals surface area contributed by atoms with Crippen molar-refractivity contribution >= 4 is 16.9 Å². The lowest BCUT2D eigenvalue weighted by Gasteiger charge is -2.17. The molecule has 0 bridgehead atoms. The number of para-hydroxylation sites is 2. The lowest BCUT2D eigenvalue weighted by Crippen LogP contribution is -2.24. The summed E-state index contributed by atoms with van der Waals surface area (Å²) in [4.78, 5) is 19.9. The molecule has 1 aliphatic rings. The smallest absolute Gasteiger partial charge is 0.223 e. The fourth-order valence-corrected chi connectivity index (χ4v) is 6.01. The van der Waals surface area contributed by atoms with E-state index in [0.717, 1.165) is 24.4 Å². The number of aromatic nitrogens is 2. The minimum atomic E-state index is 0.172. The Morgan fingerprint density at radius 1 is 0.737 bits per heavy atom. The molecule has 0 N–H and O–H groups in total. The molecule has 206 valence electrons. The van der Waals surface area contributed by atoms with Crippen LogP contribution in [0.3, 0.4) is 0 Å². The van der Waals surface area contributed by atoms with Crippen molar-refractivity contribution in [1.29, 1.82) is 0 Å². The highest BCUT2D eigenvalue weighted by Crippen LogP contribution is 2.31. The minimum absolute atomic E-state index is 0.172. The summed E-state index contributed by atoms with van der Waals surface area (Å²) in [6.45, 7) is 4.74. The summed E-state index contributed by atoms with van der Waals surface area (Å²) in [6, 6.07) is 18.8. The maximum atomic E-state index is 12.9. The number of hydrogen-bond donors (Lipinski definition) is 0. The molecule has 1 fully saturated rings. The number of aryl methyl sites for hydroxylation is 1. The lowest BCUT2D eigenvalue weighted by atomic mass is 10.0. The van der Waals surface area contributed by atoms with E-state index in [-0.39, 0.29) is 11.8 Å². The van der Waals surface area contributed by atoms with Crippen LogP contribution in [0.25, 0.3) is 11.0 Å². The number of hydrogen-bond acceptors (Lipinski definition) is 2. The fourth-order valence-electron chi connectivity index (χ4n) is 6.01. The van der Waals surface area contributed by atoms with Gasteiger partial charge < -0.3 is 9.47 Å². The zero-order chi connectivity index (χ0) is 26.4. The van der Waals surface area contributed by atoms with E-state index < -0.39 is 0 Å². The van der Waals surface area contributed by atoms with Gasteiger partial charge in [0.15, 0.2) is 0 Å². The van der Waals surface area contributed by atoms with Gasteiger partial charge in [0.05, 0.1) is 11.0 Å². The Morgan fingerprint density at radius 2 is 1.32 bits per heavy atom. The molecule has 1 saturated heterocycles. The summed E-state index contributed by atoms with van der Waals surface area (Å²) in [5.41, 5.74) is 3.46. The standard InChI is InChI=1S/C34H49N3O/c1-2-3-4-5-6-7-8-9-10-11-12-13-14-20-25-37-32-24-19-18-23-31(32)35-34(37)30-26-33(38)36(28-30)27-29-21-16-15-17-22-29/h15-19,21-24,30H,2-14,20,25-28H2,1H3. The van der Waals surface area contributed by atoms with Gasteiger partial charge in [-0.25, -0.2) is 4.98 Å². The number of fused-ring (bicyclic) bond motifs is 1. The number of amides is 1. The average Bonchev–Trinajstić information content (AvgIpc) is 3.49. The van der Waals surface area contributed by atoms with E-state index in [2.05, 4.69) is 47.9 Å². The first-order valence-electron chi connectivity index (χ1n) is 15.5. The highest BCUT2D eigenvalue weighted by atomic mass is 16.2. The number of rotatable bonds is 18. The maximum absolute atomic E-state index is 12.9. The van der Waals surface area contributed by atoms with Crippen LogP contribution < -0.4 is 0 Å². The molecular formula is C34H49N3O. The van der Waals surface area contributed by atoms with Crippen LogP contribution >= 0.6 is 0 Å². The van der Waals surface area contributed by atoms with E-state index >= 15 is 0 Å². The van der Waals surface area contributed by atoms with Crippen LogP contribution in [0.2, 0.25) is 0 Å². The number of imidazole rings is 1. The average molecular weight is 516 g/mol. The van der Waals surface area contributed by atoms with Gasteiger partial charge in [0.2, 0.25) is 5.91 Å². The molecule has 1 aliphatic heterocycles. The van der Waals surface area contributed by atoms with Crippen molar-refractivity contribution in [2.24, 2.45) is 0 Å². The first-order chi connectivity index (χ1) is 18.8. The Morgan fingerprint density at radius 3 is 1.97 bits per heavy atom. The van der Waals surface area contributed by atoms with Crippen molar-refractivity contribution in [1.82, 2.24) is 14.5 Å². The third kappa shape index (κ3) is 8.44. The van der Waals surface area contributed by atoms with Crippen LogP contribution in [0.1, 0.15) is 121 Å². The monoisotopic (exact) mass is 515 g/mol. The highest BCUT2D eigenvalue weighted by molar-refractivity contribution is 5.81. The Balaban J connectivity index is 1.20. The van der Waals surface area contributed by atoms with Gasteiger partial charge in [-0.15, -0.1) is 0 Å². The topological polar surface area (TPSA) is 38.1 Å². The number of likely N-dealkylation sites (tertiary alicyclic amines) is 1. The molecule has 2 aromatic carbocycles. The molecule has 4 rings (SSSR count). The van der Waals surface area contributed by atoms with Crippen LogP contribution in [-0.4, -0.2) is 26.9 Å². The van der Waals surface area contributed by atoms with Gasteiger partial charge in [-0.3, -0.25) is 4.79 Å². The Labute approximate surface area is 230 Å². The van der Waals surface area contributed by atoms with Crippen molar-refractivity contribution in [3.05, 3.63) is 66.0 Å². The summed E-state index contributed by atoms with van der Waals surface area (Å²) in [6.07, 6.45) is 19.8. The first kappa shape index (κ1) is 28.4. The number of benzene rings is 2. The van der Waals surface area contributed by atoms with Crippen molar-refractivity contribution < 1.29 is 4.79 Å². The summed E-state index contributed by atoms with van der Waals surface area (Å²) in [5, 5.41) is 0. The molecule has 1 amide bonds. The molecule has 1 atom stereocenters. The summed E-state index contributed by atoms with van der Waals surface area (Å²) in [7, 11) is 0. The van der Waals surface area contributed by atoms with Gasteiger partial charge in [0.25, 0.3) is 0 Å². The number of carbonyl (C=O) groups excluding carboxylic acids is 1. The summed E-state index contributed by atoms with van der Waals surface area (Å²) in [5.74, 6) is 1.52. The molecule has 0 aliphatic carbocycles. The van der Waals surface area contributed by atoms with Crippen molar-refractivity contribution in [3.8, 4) is 0 Å². The van der Waals surface area contributed by atoms with Gasteiger partial charge in [-0.2, -0.15) is 0 Å². The Hall–Kier alpha value is -2.62. The lowest BCUT2D eigenvalue weighted by molar-refractivity contribution is -0.128. The van der Waals surface area contributed by atoms with Crippen molar-refractivity contribution in [2.45, 2.75) is 122 Å². The van der Waals surface area contributed by atoms with Crippen LogP contribution in [0.4, 0.5) is 0 Å². The van der Waals surface area contributed by atoms with E-state index in [9.17, 15) is 4.79 Å². The van der Waals surface area contributed by atoms with E-state index in [1.165, 1.54) is 101 Å². The normalized spacial score (nSPS) is 15.7. The van der Waals surface area contributed by atoms with E-state index in [1.54, 1.807) is 0 Å². The van der Waals surface area contributed by atoms with Gasteiger partial charge in [-0.1, -0.05) is 133 Å². The molecule has 4 nitrogen and oxygen atoms in total. The second-order valence-electron chi connectivity index (χ2n) is 11.4. The van der Waals surface area contributed by atoms with Crippen LogP contribution in [0, 0.1) is 0 Å². The molecule has 0 spiro atoms. The molecule has 3 aromatic rings. The zero-order valence-electron chi connectivity index (χ0n) is 23.8. The largest absolute Gasteiger partial charge is 0.338 e. The van der Waals surface area contributed by atoms with Crippen LogP contribution in [-0.2, 0) is 17.9 Å². The van der Waals surface area contributed by atoms with Crippen LogP contribution in [0.15, 0.2) is 54.6 Å².